The molecule has 0 aliphatic heterocycles. The van der Waals surface area contributed by atoms with Gasteiger partial charge in [-0.3, -0.25) is 0 Å². The maximum absolute atomic E-state index is 5.69. The lowest BCUT2D eigenvalue weighted by Gasteiger charge is -2.31. The van der Waals surface area contributed by atoms with Crippen molar-refractivity contribution in [3.63, 3.8) is 0 Å². The van der Waals surface area contributed by atoms with E-state index in [0.29, 0.717) is 12.6 Å². The first-order valence-corrected chi connectivity index (χ1v) is 7.87. The summed E-state index contributed by atoms with van der Waals surface area (Å²) in [6.07, 6.45) is 8.78. The lowest BCUT2D eigenvalue weighted by Crippen LogP contribution is -2.38. The van der Waals surface area contributed by atoms with Crippen molar-refractivity contribution in [2.75, 3.05) is 18.0 Å². The summed E-state index contributed by atoms with van der Waals surface area (Å²) in [4.78, 5) is 6.99. The number of aryl methyl sites for hydroxylation is 2. The van der Waals surface area contributed by atoms with Crippen LogP contribution < -0.4 is 10.6 Å². The van der Waals surface area contributed by atoms with Gasteiger partial charge in [0.1, 0.15) is 0 Å². The second-order valence-electron chi connectivity index (χ2n) is 5.76. The Morgan fingerprint density at radius 1 is 1.05 bits per heavy atom. The molecule has 1 aliphatic rings. The van der Waals surface area contributed by atoms with Crippen molar-refractivity contribution in [1.29, 1.82) is 0 Å². The Balaban J connectivity index is 2.18. The van der Waals surface area contributed by atoms with E-state index in [2.05, 4.69) is 20.1 Å². The molecule has 1 aromatic heterocycles. The Hall–Kier alpha value is -1.23. The van der Waals surface area contributed by atoms with E-state index < -0.39 is 0 Å². The van der Waals surface area contributed by atoms with E-state index in [9.17, 15) is 0 Å². The monoisotopic (exact) mass is 277 g/mol. The molecule has 1 heterocycles. The Kier molecular flexibility index (Phi) is 5.71. The van der Waals surface area contributed by atoms with Crippen molar-refractivity contribution in [3.05, 3.63) is 11.4 Å². The average molecular weight is 277 g/mol. The van der Waals surface area contributed by atoms with E-state index in [1.165, 1.54) is 38.5 Å². The molecule has 0 spiro atoms. The maximum Gasteiger partial charge on any atom is 0.245 e. The Morgan fingerprint density at radius 3 is 2.35 bits per heavy atom. The molecule has 0 radical (unpaired) electrons. The molecule has 0 saturated heterocycles. The number of aromatic nitrogens is 3. The van der Waals surface area contributed by atoms with Crippen LogP contribution in [0.2, 0.25) is 0 Å². The summed E-state index contributed by atoms with van der Waals surface area (Å²) in [6.45, 7) is 5.60. The zero-order valence-electron chi connectivity index (χ0n) is 12.8. The van der Waals surface area contributed by atoms with Crippen molar-refractivity contribution in [1.82, 2.24) is 15.2 Å². The molecule has 0 unspecified atom stereocenters. The van der Waals surface area contributed by atoms with Crippen molar-refractivity contribution >= 4 is 5.95 Å². The number of nitrogens with two attached hydrogens (primary N) is 1. The van der Waals surface area contributed by atoms with Crippen LogP contribution in [0.4, 0.5) is 5.95 Å². The van der Waals surface area contributed by atoms with Gasteiger partial charge < -0.3 is 10.6 Å². The molecule has 0 atom stereocenters. The average Bonchev–Trinajstić information content (AvgIpc) is 2.72. The van der Waals surface area contributed by atoms with Gasteiger partial charge in [0, 0.05) is 12.6 Å². The van der Waals surface area contributed by atoms with Crippen molar-refractivity contribution in [3.8, 4) is 0 Å². The minimum Gasteiger partial charge on any atom is -0.336 e. The maximum atomic E-state index is 5.69. The van der Waals surface area contributed by atoms with Gasteiger partial charge in [0.15, 0.2) is 0 Å². The SMILES string of the molecule is Cc1nnc(N(CCCN)C2CCCCCC2)nc1C. The van der Waals surface area contributed by atoms with E-state index in [0.717, 1.165) is 30.3 Å². The summed E-state index contributed by atoms with van der Waals surface area (Å²) in [5, 5.41) is 8.56. The number of hydrogen-bond acceptors (Lipinski definition) is 5. The third kappa shape index (κ3) is 3.88. The van der Waals surface area contributed by atoms with Crippen LogP contribution >= 0.6 is 0 Å². The van der Waals surface area contributed by atoms with Crippen LogP contribution in [0.1, 0.15) is 56.3 Å². The molecule has 5 nitrogen and oxygen atoms in total. The highest BCUT2D eigenvalue weighted by Gasteiger charge is 2.22. The molecule has 2 rings (SSSR count). The zero-order valence-corrected chi connectivity index (χ0v) is 12.8. The lowest BCUT2D eigenvalue weighted by molar-refractivity contribution is 0.507. The highest BCUT2D eigenvalue weighted by Crippen LogP contribution is 2.24. The molecular weight excluding hydrogens is 250 g/mol. The molecule has 0 bridgehead atoms. The summed E-state index contributed by atoms with van der Waals surface area (Å²) in [5.41, 5.74) is 7.57. The molecule has 2 N–H and O–H groups in total. The number of nitrogens with zero attached hydrogens (tertiary/aromatic N) is 4. The molecular formula is C15H27N5. The Labute approximate surface area is 122 Å². The van der Waals surface area contributed by atoms with Crippen LogP contribution in [-0.2, 0) is 0 Å². The summed E-state index contributed by atoms with van der Waals surface area (Å²) in [7, 11) is 0. The first kappa shape index (κ1) is 15.2. The molecule has 0 amide bonds. The molecule has 1 fully saturated rings. The first-order chi connectivity index (χ1) is 9.72. The fourth-order valence-corrected chi connectivity index (χ4v) is 2.84. The fraction of sp³-hybridized carbons (Fsp3) is 0.800. The van der Waals surface area contributed by atoms with Gasteiger partial charge >= 0.3 is 0 Å². The number of anilines is 1. The summed E-state index contributed by atoms with van der Waals surface area (Å²) in [5.74, 6) is 0.786. The normalized spacial score (nSPS) is 16.9. The van der Waals surface area contributed by atoms with E-state index in [-0.39, 0.29) is 0 Å². The van der Waals surface area contributed by atoms with E-state index in [4.69, 9.17) is 5.73 Å². The topological polar surface area (TPSA) is 67.9 Å². The van der Waals surface area contributed by atoms with Gasteiger partial charge in [-0.15, -0.1) is 5.10 Å². The molecule has 1 aromatic rings. The second kappa shape index (κ2) is 7.53. The molecule has 1 aliphatic carbocycles. The van der Waals surface area contributed by atoms with E-state index >= 15 is 0 Å². The summed E-state index contributed by atoms with van der Waals surface area (Å²) < 4.78 is 0. The van der Waals surface area contributed by atoms with Crippen molar-refractivity contribution < 1.29 is 0 Å². The van der Waals surface area contributed by atoms with Crippen LogP contribution in [-0.4, -0.2) is 34.3 Å². The third-order valence-electron chi connectivity index (χ3n) is 4.21. The minimum atomic E-state index is 0.549. The van der Waals surface area contributed by atoms with Crippen LogP contribution in [0.15, 0.2) is 0 Å². The van der Waals surface area contributed by atoms with Crippen LogP contribution in [0.25, 0.3) is 0 Å². The smallest absolute Gasteiger partial charge is 0.245 e. The van der Waals surface area contributed by atoms with Gasteiger partial charge in [-0.2, -0.15) is 5.10 Å². The minimum absolute atomic E-state index is 0.549. The zero-order chi connectivity index (χ0) is 14.4. The number of hydrogen-bond donors (Lipinski definition) is 1. The summed E-state index contributed by atoms with van der Waals surface area (Å²) >= 11 is 0. The fourth-order valence-electron chi connectivity index (χ4n) is 2.84. The van der Waals surface area contributed by atoms with Gasteiger partial charge in [-0.25, -0.2) is 4.98 Å². The van der Waals surface area contributed by atoms with E-state index in [1.54, 1.807) is 0 Å². The highest BCUT2D eigenvalue weighted by atomic mass is 15.3. The van der Waals surface area contributed by atoms with Crippen LogP contribution in [0.5, 0.6) is 0 Å². The highest BCUT2D eigenvalue weighted by molar-refractivity contribution is 5.31. The predicted molar refractivity (Wildman–Crippen MR) is 81.8 cm³/mol. The van der Waals surface area contributed by atoms with Gasteiger partial charge in [-0.05, 0) is 39.7 Å². The van der Waals surface area contributed by atoms with Crippen molar-refractivity contribution in [2.45, 2.75) is 64.8 Å². The predicted octanol–water partition coefficient (Wildman–Crippen LogP) is 2.37. The van der Waals surface area contributed by atoms with Gasteiger partial charge in [-0.1, -0.05) is 25.7 Å². The standard InChI is InChI=1S/C15H27N5/c1-12-13(2)18-19-15(17-12)20(11-7-10-16)14-8-5-3-4-6-9-14/h14H,3-11,16H2,1-2H3. The van der Waals surface area contributed by atoms with Crippen LogP contribution in [0, 0.1) is 13.8 Å². The molecule has 0 aromatic carbocycles. The third-order valence-corrected chi connectivity index (χ3v) is 4.21. The largest absolute Gasteiger partial charge is 0.336 e. The van der Waals surface area contributed by atoms with Gasteiger partial charge in [0.2, 0.25) is 5.95 Å². The first-order valence-electron chi connectivity index (χ1n) is 7.87. The molecule has 112 valence electrons. The summed E-state index contributed by atoms with van der Waals surface area (Å²) in [6, 6.07) is 0.549. The van der Waals surface area contributed by atoms with Gasteiger partial charge in [0.25, 0.3) is 0 Å². The second-order valence-corrected chi connectivity index (χ2v) is 5.76. The van der Waals surface area contributed by atoms with Crippen molar-refractivity contribution in [2.24, 2.45) is 5.73 Å². The molecule has 20 heavy (non-hydrogen) atoms. The quantitative estimate of drug-likeness (QED) is 0.837. The Morgan fingerprint density at radius 2 is 1.75 bits per heavy atom. The lowest BCUT2D eigenvalue weighted by atomic mass is 10.1. The molecule has 5 heteroatoms. The van der Waals surface area contributed by atoms with Crippen LogP contribution in [0.3, 0.4) is 0 Å². The van der Waals surface area contributed by atoms with E-state index in [1.807, 2.05) is 13.8 Å². The number of rotatable bonds is 5. The molecule has 1 saturated carbocycles. The van der Waals surface area contributed by atoms with Gasteiger partial charge in [0.05, 0.1) is 11.4 Å². The Bertz CT molecular complexity index is 413.